The van der Waals surface area contributed by atoms with Gasteiger partial charge in [-0.25, -0.2) is 0 Å². The largest absolute Gasteiger partial charge is 0.382 e. The molecule has 0 aliphatic heterocycles. The highest BCUT2D eigenvalue weighted by molar-refractivity contribution is 6.32. The number of aliphatic hydroxyl groups is 1. The molecule has 0 amide bonds. The number of halogens is 1. The van der Waals surface area contributed by atoms with Gasteiger partial charge in [-0.3, -0.25) is 9.59 Å². The van der Waals surface area contributed by atoms with Crippen molar-refractivity contribution in [3.63, 3.8) is 0 Å². The quantitative estimate of drug-likeness (QED) is 0.753. The number of allylic oxidation sites excluding steroid dienone is 4. The van der Waals surface area contributed by atoms with Gasteiger partial charge in [-0.2, -0.15) is 0 Å². The molecular formula is C22H27ClO3. The molecule has 0 aromatic heterocycles. The van der Waals surface area contributed by atoms with E-state index in [1.54, 1.807) is 0 Å². The van der Waals surface area contributed by atoms with Crippen LogP contribution in [-0.2, 0) is 9.59 Å². The number of carbonyl (C=O) groups is 2. The molecule has 5 rings (SSSR count). The zero-order chi connectivity index (χ0) is 18.6. The first-order chi connectivity index (χ1) is 12.1. The molecule has 0 aromatic rings. The maximum absolute atomic E-state index is 12.3. The Bertz CT molecular complexity index is 797. The molecule has 2 unspecified atom stereocenters. The van der Waals surface area contributed by atoms with E-state index in [1.165, 1.54) is 6.92 Å². The third-order valence-electron chi connectivity index (χ3n) is 9.23. The van der Waals surface area contributed by atoms with Gasteiger partial charge in [0, 0.05) is 21.8 Å². The fraction of sp³-hybridized carbons (Fsp3) is 0.727. The first-order valence-corrected chi connectivity index (χ1v) is 10.4. The molecule has 0 aromatic carbocycles. The minimum Gasteiger partial charge on any atom is -0.382 e. The van der Waals surface area contributed by atoms with E-state index >= 15 is 0 Å². The monoisotopic (exact) mass is 374 g/mol. The molecule has 8 atom stereocenters. The van der Waals surface area contributed by atoms with E-state index in [0.717, 1.165) is 36.3 Å². The van der Waals surface area contributed by atoms with E-state index in [-0.39, 0.29) is 40.2 Å². The Morgan fingerprint density at radius 3 is 2.58 bits per heavy atom. The summed E-state index contributed by atoms with van der Waals surface area (Å²) in [4.78, 5) is 24.6. The second-order valence-corrected chi connectivity index (χ2v) is 10.3. The first kappa shape index (κ1) is 17.2. The van der Waals surface area contributed by atoms with Crippen LogP contribution in [0.25, 0.3) is 0 Å². The van der Waals surface area contributed by atoms with Crippen LogP contribution in [0, 0.1) is 40.4 Å². The van der Waals surface area contributed by atoms with Crippen molar-refractivity contribution in [2.45, 2.75) is 58.5 Å². The molecule has 140 valence electrons. The SMILES string of the molecule is CC(=O)[C@@]1(O)CC[C@H]2[C@@H]3C=C(Cl)C4=CC(=O)C5CC5[C@@]4(C)[C@H]3CC[C@@]21C. The number of ketones is 2. The van der Waals surface area contributed by atoms with Crippen molar-refractivity contribution in [3.05, 3.63) is 22.8 Å². The van der Waals surface area contributed by atoms with Gasteiger partial charge in [0.25, 0.3) is 0 Å². The highest BCUT2D eigenvalue weighted by Crippen LogP contribution is 2.72. The van der Waals surface area contributed by atoms with Crippen molar-refractivity contribution in [2.75, 3.05) is 0 Å². The fourth-order valence-electron chi connectivity index (χ4n) is 7.56. The average Bonchev–Trinajstić information content (AvgIpc) is 3.33. The zero-order valence-corrected chi connectivity index (χ0v) is 16.5. The topological polar surface area (TPSA) is 54.4 Å². The molecule has 3 fully saturated rings. The summed E-state index contributed by atoms with van der Waals surface area (Å²) < 4.78 is 0. The van der Waals surface area contributed by atoms with Crippen molar-refractivity contribution < 1.29 is 14.7 Å². The van der Waals surface area contributed by atoms with Crippen LogP contribution in [0.2, 0.25) is 0 Å². The molecule has 5 aliphatic carbocycles. The van der Waals surface area contributed by atoms with Gasteiger partial charge in [-0.15, -0.1) is 0 Å². The van der Waals surface area contributed by atoms with Crippen LogP contribution in [0.4, 0.5) is 0 Å². The van der Waals surface area contributed by atoms with Crippen molar-refractivity contribution in [1.82, 2.24) is 0 Å². The van der Waals surface area contributed by atoms with Crippen molar-refractivity contribution in [3.8, 4) is 0 Å². The van der Waals surface area contributed by atoms with Gasteiger partial charge in [0.05, 0.1) is 0 Å². The fourth-order valence-corrected chi connectivity index (χ4v) is 7.96. The summed E-state index contributed by atoms with van der Waals surface area (Å²) in [6, 6.07) is 0. The van der Waals surface area contributed by atoms with E-state index in [4.69, 9.17) is 11.6 Å². The molecule has 5 aliphatic rings. The Balaban J connectivity index is 1.62. The van der Waals surface area contributed by atoms with Gasteiger partial charge in [0.1, 0.15) is 5.60 Å². The number of rotatable bonds is 1. The lowest BCUT2D eigenvalue weighted by atomic mass is 9.47. The minimum absolute atomic E-state index is 0.0344. The van der Waals surface area contributed by atoms with E-state index in [9.17, 15) is 14.7 Å². The van der Waals surface area contributed by atoms with Crippen LogP contribution >= 0.6 is 11.6 Å². The summed E-state index contributed by atoms with van der Waals surface area (Å²) in [6.45, 7) is 5.97. The minimum atomic E-state index is -1.20. The Morgan fingerprint density at radius 1 is 1.19 bits per heavy atom. The number of Topliss-reactive ketones (excluding diaryl/α,β-unsaturated/α-hetero) is 1. The summed E-state index contributed by atoms with van der Waals surface area (Å²) in [5.41, 5.74) is -0.566. The van der Waals surface area contributed by atoms with Crippen molar-refractivity contribution in [1.29, 1.82) is 0 Å². The molecule has 0 saturated heterocycles. The first-order valence-electron chi connectivity index (χ1n) is 10.0. The number of fused-ring (bicyclic) bond motifs is 7. The molecule has 0 radical (unpaired) electrons. The van der Waals surface area contributed by atoms with Gasteiger partial charge < -0.3 is 5.11 Å². The second kappa shape index (κ2) is 4.91. The van der Waals surface area contributed by atoms with E-state index in [0.29, 0.717) is 18.3 Å². The molecule has 0 heterocycles. The van der Waals surface area contributed by atoms with Crippen LogP contribution in [0.5, 0.6) is 0 Å². The lowest BCUT2D eigenvalue weighted by Gasteiger charge is -2.57. The van der Waals surface area contributed by atoms with Crippen LogP contribution in [0.1, 0.15) is 52.9 Å². The Labute approximate surface area is 159 Å². The van der Waals surface area contributed by atoms with E-state index in [2.05, 4.69) is 19.9 Å². The molecule has 26 heavy (non-hydrogen) atoms. The number of hydrogen-bond donors (Lipinski definition) is 1. The standard InChI is InChI=1S/C22H27ClO3/c1-11(24)22(26)7-5-14-12-9-18(23)17-10-19(25)13-8-16(13)21(17,3)15(12)4-6-20(14,22)2/h9-10,12-16,26H,4-8H2,1-3H3/t12-,13?,14-,15-,16?,20-,21+,22-/m0/s1. The van der Waals surface area contributed by atoms with Gasteiger partial charge in [-0.1, -0.05) is 31.5 Å². The Morgan fingerprint density at radius 2 is 1.88 bits per heavy atom. The number of carbonyl (C=O) groups excluding carboxylic acids is 2. The summed E-state index contributed by atoms with van der Waals surface area (Å²) >= 11 is 6.73. The third kappa shape index (κ3) is 1.75. The summed E-state index contributed by atoms with van der Waals surface area (Å²) in [7, 11) is 0. The highest BCUT2D eigenvalue weighted by Gasteiger charge is 2.69. The normalized spacial score (nSPS) is 54.3. The molecular weight excluding hydrogens is 348 g/mol. The molecule has 0 bridgehead atoms. The maximum Gasteiger partial charge on any atom is 0.161 e. The molecule has 3 nitrogen and oxygen atoms in total. The second-order valence-electron chi connectivity index (χ2n) is 9.91. The van der Waals surface area contributed by atoms with Crippen LogP contribution in [0.3, 0.4) is 0 Å². The van der Waals surface area contributed by atoms with E-state index < -0.39 is 5.60 Å². The van der Waals surface area contributed by atoms with Gasteiger partial charge in [0.15, 0.2) is 11.6 Å². The van der Waals surface area contributed by atoms with Crippen LogP contribution in [0.15, 0.2) is 22.8 Å². The zero-order valence-electron chi connectivity index (χ0n) is 15.7. The predicted molar refractivity (Wildman–Crippen MR) is 99.4 cm³/mol. The average molecular weight is 375 g/mol. The van der Waals surface area contributed by atoms with Crippen LogP contribution in [-0.4, -0.2) is 22.3 Å². The lowest BCUT2D eigenvalue weighted by molar-refractivity contribution is -0.157. The van der Waals surface area contributed by atoms with Crippen molar-refractivity contribution in [2.24, 2.45) is 40.4 Å². The Kier molecular flexibility index (Phi) is 3.25. The molecule has 0 spiro atoms. The van der Waals surface area contributed by atoms with Crippen LogP contribution < -0.4 is 0 Å². The van der Waals surface area contributed by atoms with Crippen molar-refractivity contribution >= 4 is 23.2 Å². The summed E-state index contributed by atoms with van der Waals surface area (Å²) in [6.07, 6.45) is 8.25. The predicted octanol–water partition coefficient (Wildman–Crippen LogP) is 4.04. The third-order valence-corrected chi connectivity index (χ3v) is 9.56. The smallest absolute Gasteiger partial charge is 0.161 e. The van der Waals surface area contributed by atoms with E-state index in [1.807, 2.05) is 6.08 Å². The van der Waals surface area contributed by atoms with Gasteiger partial charge >= 0.3 is 0 Å². The Hall–Kier alpha value is -0.930. The van der Waals surface area contributed by atoms with Gasteiger partial charge in [0.2, 0.25) is 0 Å². The highest BCUT2D eigenvalue weighted by atomic mass is 35.5. The molecule has 1 N–H and O–H groups in total. The molecule has 4 heteroatoms. The lowest BCUT2D eigenvalue weighted by Crippen LogP contribution is -2.56. The summed E-state index contributed by atoms with van der Waals surface area (Å²) in [5.74, 6) is 1.78. The summed E-state index contributed by atoms with van der Waals surface area (Å²) in [5, 5.41) is 11.9. The maximum atomic E-state index is 12.3. The molecule has 3 saturated carbocycles. The number of hydrogen-bond acceptors (Lipinski definition) is 3. The van der Waals surface area contributed by atoms with Gasteiger partial charge in [-0.05, 0) is 74.3 Å².